The van der Waals surface area contributed by atoms with Crippen LogP contribution in [0.25, 0.3) is 17.0 Å². The summed E-state index contributed by atoms with van der Waals surface area (Å²) in [4.78, 5) is 36.1. The summed E-state index contributed by atoms with van der Waals surface area (Å²) in [5.41, 5.74) is 1.38. The number of ether oxygens (including phenoxy) is 1. The molecule has 1 aromatic carbocycles. The van der Waals surface area contributed by atoms with Crippen LogP contribution in [0.3, 0.4) is 0 Å². The van der Waals surface area contributed by atoms with E-state index >= 15 is 0 Å². The number of carbonyl (C=O) groups excluding carboxylic acids is 2. The van der Waals surface area contributed by atoms with Crippen molar-refractivity contribution < 1.29 is 23.1 Å². The van der Waals surface area contributed by atoms with Gasteiger partial charge in [0.2, 0.25) is 5.78 Å². The van der Waals surface area contributed by atoms with Crippen molar-refractivity contribution in [2.45, 2.75) is 20.0 Å². The highest BCUT2D eigenvalue weighted by Crippen LogP contribution is 2.28. The normalized spacial score (nSPS) is 11.1. The largest absolute Gasteiger partial charge is 0.446 e. The molecule has 0 aliphatic carbocycles. The van der Waals surface area contributed by atoms with Gasteiger partial charge >= 0.3 is 6.09 Å². The highest BCUT2D eigenvalue weighted by Gasteiger charge is 2.20. The maximum Gasteiger partial charge on any atom is 0.414 e. The van der Waals surface area contributed by atoms with Crippen LogP contribution in [0.5, 0.6) is 0 Å². The number of hydrogen-bond acceptors (Lipinski definition) is 6. The Morgan fingerprint density at radius 2 is 1.88 bits per heavy atom. The van der Waals surface area contributed by atoms with Crippen molar-refractivity contribution in [2.24, 2.45) is 0 Å². The molecule has 2 amide bonds. The van der Waals surface area contributed by atoms with Gasteiger partial charge in [0.1, 0.15) is 5.82 Å². The van der Waals surface area contributed by atoms with Crippen LogP contribution in [0.15, 0.2) is 53.3 Å². The molecule has 0 aliphatic rings. The van der Waals surface area contributed by atoms with Gasteiger partial charge in [-0.05, 0) is 55.8 Å². The Hall–Kier alpha value is -3.92. The van der Waals surface area contributed by atoms with Crippen molar-refractivity contribution in [1.82, 2.24) is 14.4 Å². The second-order valence-corrected chi connectivity index (χ2v) is 8.14. The number of fused-ring (bicyclic) bond motifs is 1. The van der Waals surface area contributed by atoms with Gasteiger partial charge in [-0.1, -0.05) is 0 Å². The summed E-state index contributed by atoms with van der Waals surface area (Å²) in [7, 11) is 3.10. The van der Waals surface area contributed by atoms with E-state index in [-0.39, 0.29) is 22.6 Å². The van der Waals surface area contributed by atoms with Crippen LogP contribution in [0.2, 0.25) is 5.22 Å². The van der Waals surface area contributed by atoms with Crippen LogP contribution in [-0.4, -0.2) is 46.6 Å². The van der Waals surface area contributed by atoms with Gasteiger partial charge in [0, 0.05) is 37.7 Å². The first-order chi connectivity index (χ1) is 16.1. The number of rotatable bonds is 5. The number of anilines is 2. The second-order valence-electron chi connectivity index (χ2n) is 7.77. The van der Waals surface area contributed by atoms with Gasteiger partial charge in [0.15, 0.2) is 11.0 Å². The molecule has 0 saturated heterocycles. The quantitative estimate of drug-likeness (QED) is 0.393. The maximum absolute atomic E-state index is 14.7. The van der Waals surface area contributed by atoms with E-state index in [0.29, 0.717) is 22.8 Å². The summed E-state index contributed by atoms with van der Waals surface area (Å²) in [5.74, 6) is -0.597. The lowest BCUT2D eigenvalue weighted by atomic mass is 10.1. The van der Waals surface area contributed by atoms with Crippen LogP contribution in [0, 0.1) is 5.82 Å². The van der Waals surface area contributed by atoms with E-state index in [9.17, 15) is 14.0 Å². The molecular weight excluding hydrogens is 465 g/mol. The van der Waals surface area contributed by atoms with Crippen molar-refractivity contribution in [3.63, 3.8) is 0 Å². The molecule has 176 valence electrons. The maximum atomic E-state index is 14.7. The number of furan rings is 1. The Morgan fingerprint density at radius 3 is 2.56 bits per heavy atom. The molecule has 34 heavy (non-hydrogen) atoms. The van der Waals surface area contributed by atoms with E-state index in [1.54, 1.807) is 44.7 Å². The Balaban J connectivity index is 1.65. The number of amides is 2. The summed E-state index contributed by atoms with van der Waals surface area (Å²) < 4.78 is 26.7. The number of carbonyl (C=O) groups is 2. The zero-order valence-electron chi connectivity index (χ0n) is 18.8. The summed E-state index contributed by atoms with van der Waals surface area (Å²) in [6.07, 6.45) is 3.90. The first kappa shape index (κ1) is 23.2. The fourth-order valence-corrected chi connectivity index (χ4v) is 3.34. The Bertz CT molecular complexity index is 1380. The van der Waals surface area contributed by atoms with Crippen molar-refractivity contribution in [2.75, 3.05) is 23.9 Å². The molecule has 4 rings (SSSR count). The summed E-state index contributed by atoms with van der Waals surface area (Å²) in [5, 5.41) is 0.0937. The Labute approximate surface area is 199 Å². The van der Waals surface area contributed by atoms with Gasteiger partial charge in [0.25, 0.3) is 5.91 Å². The molecule has 9 nitrogen and oxygen atoms in total. The molecule has 0 unspecified atom stereocenters. The van der Waals surface area contributed by atoms with Crippen molar-refractivity contribution >= 4 is 40.8 Å². The zero-order chi connectivity index (χ0) is 24.6. The lowest BCUT2D eigenvalue weighted by Crippen LogP contribution is -2.29. The fraction of sp³-hybridized carbons (Fsp3) is 0.217. The summed E-state index contributed by atoms with van der Waals surface area (Å²) >= 11 is 5.76. The molecule has 0 N–H and O–H groups in total. The molecule has 0 fully saturated rings. The van der Waals surface area contributed by atoms with Crippen molar-refractivity contribution in [3.8, 4) is 11.3 Å². The SMILES string of the molecule is CC(C)OC(=O)N(C)c1cnc2nc(-c3cc(N(C)C(=O)c4ccc(Cl)o4)ccc3F)cn2c1. The molecule has 0 bridgehead atoms. The highest BCUT2D eigenvalue weighted by atomic mass is 35.5. The number of hydrogen-bond donors (Lipinski definition) is 0. The molecule has 0 atom stereocenters. The smallest absolute Gasteiger partial charge is 0.414 e. The predicted octanol–water partition coefficient (Wildman–Crippen LogP) is 5.04. The Kier molecular flexibility index (Phi) is 6.25. The van der Waals surface area contributed by atoms with Crippen LogP contribution >= 0.6 is 11.6 Å². The third-order valence-electron chi connectivity index (χ3n) is 5.00. The number of aromatic nitrogens is 3. The summed E-state index contributed by atoms with van der Waals surface area (Å²) in [6, 6.07) is 7.17. The van der Waals surface area contributed by atoms with Gasteiger partial charge in [-0.15, -0.1) is 0 Å². The van der Waals surface area contributed by atoms with Crippen LogP contribution in [0.1, 0.15) is 24.4 Å². The minimum absolute atomic E-state index is 0.0583. The van der Waals surface area contributed by atoms with Gasteiger partial charge in [-0.25, -0.2) is 19.2 Å². The van der Waals surface area contributed by atoms with Gasteiger partial charge in [0.05, 0.1) is 23.7 Å². The topological polar surface area (TPSA) is 93.2 Å². The highest BCUT2D eigenvalue weighted by molar-refractivity contribution is 6.29. The number of halogens is 2. The average molecular weight is 486 g/mol. The molecule has 0 radical (unpaired) electrons. The van der Waals surface area contributed by atoms with E-state index in [2.05, 4.69) is 9.97 Å². The fourth-order valence-electron chi connectivity index (χ4n) is 3.19. The van der Waals surface area contributed by atoms with Gasteiger partial charge in [-0.3, -0.25) is 14.1 Å². The predicted molar refractivity (Wildman–Crippen MR) is 125 cm³/mol. The lowest BCUT2D eigenvalue weighted by molar-refractivity contribution is 0.0966. The van der Waals surface area contributed by atoms with E-state index in [1.165, 1.54) is 46.3 Å². The van der Waals surface area contributed by atoms with Crippen LogP contribution in [-0.2, 0) is 4.74 Å². The number of benzene rings is 1. The van der Waals surface area contributed by atoms with Gasteiger partial charge in [-0.2, -0.15) is 0 Å². The molecule has 0 spiro atoms. The molecular formula is C23H21ClFN5O4. The van der Waals surface area contributed by atoms with E-state index in [0.717, 1.165) is 0 Å². The molecule has 3 heterocycles. The van der Waals surface area contributed by atoms with Crippen molar-refractivity contribution in [3.05, 3.63) is 65.7 Å². The number of nitrogens with zero attached hydrogens (tertiary/aromatic N) is 5. The zero-order valence-corrected chi connectivity index (χ0v) is 19.6. The Morgan fingerprint density at radius 1 is 1.12 bits per heavy atom. The van der Waals surface area contributed by atoms with E-state index in [4.69, 9.17) is 20.8 Å². The van der Waals surface area contributed by atoms with Crippen LogP contribution < -0.4 is 9.80 Å². The third-order valence-corrected chi connectivity index (χ3v) is 5.20. The monoisotopic (exact) mass is 485 g/mol. The van der Waals surface area contributed by atoms with E-state index < -0.39 is 17.8 Å². The minimum Gasteiger partial charge on any atom is -0.446 e. The first-order valence-electron chi connectivity index (χ1n) is 10.3. The lowest BCUT2D eigenvalue weighted by Gasteiger charge is -2.18. The first-order valence-corrected chi connectivity index (χ1v) is 10.6. The number of imidazole rings is 1. The second kappa shape index (κ2) is 9.14. The van der Waals surface area contributed by atoms with Gasteiger partial charge < -0.3 is 14.1 Å². The molecule has 11 heteroatoms. The molecule has 0 saturated carbocycles. The molecule has 4 aromatic rings. The minimum atomic E-state index is -0.527. The van der Waals surface area contributed by atoms with Crippen LogP contribution in [0.4, 0.5) is 20.6 Å². The van der Waals surface area contributed by atoms with Crippen molar-refractivity contribution in [1.29, 1.82) is 0 Å². The third kappa shape index (κ3) is 4.58. The average Bonchev–Trinajstić information content (AvgIpc) is 3.43. The molecule has 0 aliphatic heterocycles. The van der Waals surface area contributed by atoms with E-state index in [1.807, 2.05) is 0 Å². The standard InChI is InChI=1S/C23H21ClFN5O4/c1-13(2)33-23(32)29(4)15-10-26-22-27-18(12-30(22)11-15)16-9-14(5-6-17(16)25)28(3)21(31)19-7-8-20(24)34-19/h5-13H,1-4H3. The molecule has 3 aromatic heterocycles. The summed E-state index contributed by atoms with van der Waals surface area (Å²) in [6.45, 7) is 3.51.